The van der Waals surface area contributed by atoms with E-state index in [9.17, 15) is 0 Å². The molecule has 2 N–H and O–H groups in total. The molecule has 0 aliphatic carbocycles. The molecule has 1 aromatic carbocycles. The smallest absolute Gasteiger partial charge is 0.134 e. The van der Waals surface area contributed by atoms with Crippen LogP contribution in [0.3, 0.4) is 0 Å². The van der Waals surface area contributed by atoms with E-state index in [1.807, 2.05) is 18.2 Å². The third kappa shape index (κ3) is 4.70. The quantitative estimate of drug-likeness (QED) is 0.514. The van der Waals surface area contributed by atoms with Crippen molar-refractivity contribution in [3.8, 4) is 5.75 Å². The largest absolute Gasteiger partial charge is 0.492 e. The van der Waals surface area contributed by atoms with Crippen molar-refractivity contribution in [2.75, 3.05) is 33.0 Å². The SMILES string of the molecule is CN(C)CCCOc1cc(N)ccc1I. The lowest BCUT2D eigenvalue weighted by molar-refractivity contribution is 0.280. The number of nitrogens with zero attached hydrogens (tertiary/aromatic N) is 1. The maximum atomic E-state index is 5.69. The second-order valence-electron chi connectivity index (χ2n) is 3.70. The van der Waals surface area contributed by atoms with E-state index in [4.69, 9.17) is 10.5 Å². The summed E-state index contributed by atoms with van der Waals surface area (Å²) in [5.41, 5.74) is 6.44. The van der Waals surface area contributed by atoms with Crippen LogP contribution in [-0.4, -0.2) is 32.1 Å². The lowest BCUT2D eigenvalue weighted by Gasteiger charge is -2.11. The maximum Gasteiger partial charge on any atom is 0.134 e. The Morgan fingerprint density at radius 3 is 2.80 bits per heavy atom. The number of anilines is 1. The molecule has 0 fully saturated rings. The van der Waals surface area contributed by atoms with E-state index in [0.29, 0.717) is 0 Å². The Morgan fingerprint density at radius 1 is 1.40 bits per heavy atom. The minimum absolute atomic E-state index is 0.734. The Labute approximate surface area is 105 Å². The van der Waals surface area contributed by atoms with Crippen molar-refractivity contribution in [3.63, 3.8) is 0 Å². The van der Waals surface area contributed by atoms with Crippen molar-refractivity contribution in [2.24, 2.45) is 0 Å². The minimum atomic E-state index is 0.734. The number of nitrogen functional groups attached to an aromatic ring is 1. The van der Waals surface area contributed by atoms with Crippen LogP contribution >= 0.6 is 22.6 Å². The van der Waals surface area contributed by atoms with Gasteiger partial charge in [-0.1, -0.05) is 0 Å². The summed E-state index contributed by atoms with van der Waals surface area (Å²) >= 11 is 2.25. The second-order valence-corrected chi connectivity index (χ2v) is 4.86. The molecule has 1 aromatic rings. The van der Waals surface area contributed by atoms with E-state index in [0.717, 1.165) is 34.6 Å². The van der Waals surface area contributed by atoms with Crippen LogP contribution in [0.4, 0.5) is 5.69 Å². The summed E-state index contributed by atoms with van der Waals surface area (Å²) in [6, 6.07) is 5.73. The van der Waals surface area contributed by atoms with Crippen molar-refractivity contribution in [3.05, 3.63) is 21.8 Å². The van der Waals surface area contributed by atoms with Crippen molar-refractivity contribution >= 4 is 28.3 Å². The molecule has 15 heavy (non-hydrogen) atoms. The van der Waals surface area contributed by atoms with Crippen LogP contribution in [0.15, 0.2) is 18.2 Å². The lowest BCUT2D eigenvalue weighted by atomic mass is 10.3. The summed E-state index contributed by atoms with van der Waals surface area (Å²) in [7, 11) is 4.12. The number of benzene rings is 1. The number of nitrogens with two attached hydrogens (primary N) is 1. The minimum Gasteiger partial charge on any atom is -0.492 e. The fourth-order valence-electron chi connectivity index (χ4n) is 1.19. The van der Waals surface area contributed by atoms with Crippen LogP contribution in [0.5, 0.6) is 5.75 Å². The lowest BCUT2D eigenvalue weighted by Crippen LogP contribution is -2.15. The van der Waals surface area contributed by atoms with Crippen LogP contribution in [0.1, 0.15) is 6.42 Å². The van der Waals surface area contributed by atoms with Crippen molar-refractivity contribution < 1.29 is 4.74 Å². The molecule has 1 rings (SSSR count). The van der Waals surface area contributed by atoms with E-state index in [2.05, 4.69) is 41.6 Å². The highest BCUT2D eigenvalue weighted by atomic mass is 127. The third-order valence-electron chi connectivity index (χ3n) is 1.96. The molecule has 0 spiro atoms. The number of hydrogen-bond acceptors (Lipinski definition) is 3. The van der Waals surface area contributed by atoms with Crippen LogP contribution in [0.25, 0.3) is 0 Å². The molecule has 0 saturated heterocycles. The van der Waals surface area contributed by atoms with Gasteiger partial charge in [-0.05, 0) is 55.2 Å². The molecule has 3 nitrogen and oxygen atoms in total. The van der Waals surface area contributed by atoms with Gasteiger partial charge in [-0.25, -0.2) is 0 Å². The molecule has 84 valence electrons. The third-order valence-corrected chi connectivity index (χ3v) is 2.85. The summed E-state index contributed by atoms with van der Waals surface area (Å²) in [5.74, 6) is 0.884. The molecule has 4 heteroatoms. The summed E-state index contributed by atoms with van der Waals surface area (Å²) in [6.45, 7) is 1.77. The highest BCUT2D eigenvalue weighted by Crippen LogP contribution is 2.23. The monoisotopic (exact) mass is 320 g/mol. The summed E-state index contributed by atoms with van der Waals surface area (Å²) in [4.78, 5) is 2.15. The first-order valence-corrected chi connectivity index (χ1v) is 6.00. The zero-order valence-electron chi connectivity index (χ0n) is 9.16. The Hall–Kier alpha value is -0.490. The van der Waals surface area contributed by atoms with Gasteiger partial charge in [-0.3, -0.25) is 0 Å². The highest BCUT2D eigenvalue weighted by Gasteiger charge is 2.01. The molecule has 0 atom stereocenters. The van der Waals surface area contributed by atoms with Crippen molar-refractivity contribution in [2.45, 2.75) is 6.42 Å². The van der Waals surface area contributed by atoms with Gasteiger partial charge in [-0.15, -0.1) is 0 Å². The van der Waals surface area contributed by atoms with Crippen molar-refractivity contribution in [1.82, 2.24) is 4.90 Å². The molecule has 0 unspecified atom stereocenters. The summed E-state index contributed by atoms with van der Waals surface area (Å²) < 4.78 is 6.76. The topological polar surface area (TPSA) is 38.5 Å². The van der Waals surface area contributed by atoms with E-state index in [1.165, 1.54) is 0 Å². The molecule has 0 heterocycles. The highest BCUT2D eigenvalue weighted by molar-refractivity contribution is 14.1. The van der Waals surface area contributed by atoms with Crippen LogP contribution in [0.2, 0.25) is 0 Å². The van der Waals surface area contributed by atoms with Gasteiger partial charge in [0, 0.05) is 18.3 Å². The molecular formula is C11H17IN2O. The van der Waals surface area contributed by atoms with Crippen LogP contribution in [-0.2, 0) is 0 Å². The number of rotatable bonds is 5. The van der Waals surface area contributed by atoms with Crippen LogP contribution < -0.4 is 10.5 Å². The average Bonchev–Trinajstić information content (AvgIpc) is 2.17. The van der Waals surface area contributed by atoms with Gasteiger partial charge in [0.2, 0.25) is 0 Å². The van der Waals surface area contributed by atoms with Gasteiger partial charge in [0.1, 0.15) is 5.75 Å². The summed E-state index contributed by atoms with van der Waals surface area (Å²) in [5, 5.41) is 0. The molecule has 0 radical (unpaired) electrons. The Morgan fingerprint density at radius 2 is 2.13 bits per heavy atom. The predicted molar refractivity (Wildman–Crippen MR) is 72.2 cm³/mol. The first-order chi connectivity index (χ1) is 7.09. The molecule has 0 aliphatic rings. The van der Waals surface area contributed by atoms with Gasteiger partial charge in [0.05, 0.1) is 10.2 Å². The van der Waals surface area contributed by atoms with E-state index < -0.39 is 0 Å². The van der Waals surface area contributed by atoms with Gasteiger partial charge in [0.25, 0.3) is 0 Å². The normalized spacial score (nSPS) is 10.7. The first-order valence-electron chi connectivity index (χ1n) is 4.92. The molecule has 0 amide bonds. The number of ether oxygens (including phenoxy) is 1. The number of hydrogen-bond donors (Lipinski definition) is 1. The molecule has 0 bridgehead atoms. The predicted octanol–water partition coefficient (Wildman–Crippen LogP) is 2.20. The van der Waals surface area contributed by atoms with Gasteiger partial charge in [0.15, 0.2) is 0 Å². The Kier molecular flexibility index (Phi) is 5.17. The zero-order valence-corrected chi connectivity index (χ0v) is 11.3. The van der Waals surface area contributed by atoms with E-state index in [-0.39, 0.29) is 0 Å². The van der Waals surface area contributed by atoms with Gasteiger partial charge < -0.3 is 15.4 Å². The van der Waals surface area contributed by atoms with Gasteiger partial charge >= 0.3 is 0 Å². The second kappa shape index (κ2) is 6.17. The molecule has 0 aliphatic heterocycles. The van der Waals surface area contributed by atoms with E-state index >= 15 is 0 Å². The molecule has 0 saturated carbocycles. The van der Waals surface area contributed by atoms with E-state index in [1.54, 1.807) is 0 Å². The van der Waals surface area contributed by atoms with Crippen molar-refractivity contribution in [1.29, 1.82) is 0 Å². The summed E-state index contributed by atoms with van der Waals surface area (Å²) in [6.07, 6.45) is 1.03. The maximum absolute atomic E-state index is 5.69. The average molecular weight is 320 g/mol. The fourth-order valence-corrected chi connectivity index (χ4v) is 1.68. The first kappa shape index (κ1) is 12.6. The van der Waals surface area contributed by atoms with Crippen LogP contribution in [0, 0.1) is 3.57 Å². The Balaban J connectivity index is 2.40. The Bertz CT molecular complexity index is 315. The molecular weight excluding hydrogens is 303 g/mol. The zero-order chi connectivity index (χ0) is 11.3. The number of halogens is 1. The fraction of sp³-hybridized carbons (Fsp3) is 0.455. The standard InChI is InChI=1S/C11H17IN2O/c1-14(2)6-3-7-15-11-8-9(13)4-5-10(11)12/h4-5,8H,3,6-7,13H2,1-2H3. The molecule has 0 aromatic heterocycles. The van der Waals surface area contributed by atoms with Gasteiger partial charge in [-0.2, -0.15) is 0 Å².